The van der Waals surface area contributed by atoms with Crippen LogP contribution < -0.4 is 10.6 Å². The summed E-state index contributed by atoms with van der Waals surface area (Å²) in [6.45, 7) is 1.58. The summed E-state index contributed by atoms with van der Waals surface area (Å²) >= 11 is 0. The van der Waals surface area contributed by atoms with Crippen molar-refractivity contribution in [1.82, 2.24) is 19.9 Å². The standard InChI is InChI=1S/C28H32N4O6S/c1-19-12-16-32(39(36,37)24-11-5-8-15-29-24)18-21(33)25(19)30-27(35)28(13-6-2-7-14-28)31-26(34)23-17-20-9-3-4-10-22(20)38-23/h3-5,8-11,15,17,19,25H,2,6-7,12-14,16,18H2,1H3,(H,30,35)(H,31,34)/t19-,25-/m1/s1. The summed E-state index contributed by atoms with van der Waals surface area (Å²) in [5.41, 5.74) is -0.617. The molecule has 0 bridgehead atoms. The van der Waals surface area contributed by atoms with Gasteiger partial charge in [-0.3, -0.25) is 14.4 Å². The Labute approximate surface area is 227 Å². The van der Waals surface area contributed by atoms with Crippen molar-refractivity contribution in [3.8, 4) is 0 Å². The van der Waals surface area contributed by atoms with E-state index in [4.69, 9.17) is 4.42 Å². The van der Waals surface area contributed by atoms with E-state index in [1.807, 2.05) is 25.1 Å². The number of Topliss-reactive ketones (excluding diaryl/α,β-unsaturated/α-hetero) is 1. The number of nitrogens with zero attached hydrogens (tertiary/aromatic N) is 2. The number of sulfonamides is 1. The molecule has 0 unspecified atom stereocenters. The maximum Gasteiger partial charge on any atom is 0.287 e. The number of ketones is 1. The van der Waals surface area contributed by atoms with E-state index in [-0.39, 0.29) is 29.8 Å². The van der Waals surface area contributed by atoms with E-state index in [0.29, 0.717) is 24.8 Å². The first-order chi connectivity index (χ1) is 18.7. The van der Waals surface area contributed by atoms with Crippen molar-refractivity contribution in [2.45, 2.75) is 62.1 Å². The molecular formula is C28H32N4O6S. The van der Waals surface area contributed by atoms with Crippen LogP contribution in [0.5, 0.6) is 0 Å². The van der Waals surface area contributed by atoms with E-state index in [1.165, 1.54) is 12.3 Å². The number of furan rings is 1. The summed E-state index contributed by atoms with van der Waals surface area (Å²) in [4.78, 5) is 44.3. The number of benzene rings is 1. The van der Waals surface area contributed by atoms with Gasteiger partial charge in [0.15, 0.2) is 16.6 Å². The van der Waals surface area contributed by atoms with Gasteiger partial charge in [0.1, 0.15) is 11.1 Å². The van der Waals surface area contributed by atoms with Crippen molar-refractivity contribution in [3.63, 3.8) is 0 Å². The second kappa shape index (κ2) is 10.9. The van der Waals surface area contributed by atoms with Gasteiger partial charge in [0.2, 0.25) is 5.91 Å². The van der Waals surface area contributed by atoms with Gasteiger partial charge in [-0.2, -0.15) is 4.31 Å². The first kappa shape index (κ1) is 27.0. The molecule has 2 N–H and O–H groups in total. The minimum Gasteiger partial charge on any atom is -0.451 e. The third-order valence-corrected chi connectivity index (χ3v) is 9.52. The SMILES string of the molecule is C[C@@H]1CCN(S(=O)(=O)c2ccccn2)CC(=O)[C@@H]1NC(=O)C1(NC(=O)c2cc3ccccc3o2)CCCCC1. The molecule has 1 saturated carbocycles. The van der Waals surface area contributed by atoms with Gasteiger partial charge in [0.25, 0.3) is 15.9 Å². The Morgan fingerprint density at radius 1 is 1.08 bits per heavy atom. The lowest BCUT2D eigenvalue weighted by atomic mass is 9.80. The molecule has 10 nitrogen and oxygen atoms in total. The average molecular weight is 553 g/mol. The van der Waals surface area contributed by atoms with Crippen molar-refractivity contribution < 1.29 is 27.2 Å². The fraction of sp³-hybridized carbons (Fsp3) is 0.429. The second-order valence-corrected chi connectivity index (χ2v) is 12.3. The highest BCUT2D eigenvalue weighted by Gasteiger charge is 2.44. The summed E-state index contributed by atoms with van der Waals surface area (Å²) in [7, 11) is -3.96. The van der Waals surface area contributed by atoms with Crippen LogP contribution in [-0.2, 0) is 19.6 Å². The van der Waals surface area contributed by atoms with Crippen LogP contribution in [0.3, 0.4) is 0 Å². The molecule has 39 heavy (non-hydrogen) atoms. The third-order valence-electron chi connectivity index (χ3n) is 7.75. The molecule has 0 spiro atoms. The van der Waals surface area contributed by atoms with E-state index in [1.54, 1.807) is 24.3 Å². The molecule has 206 valence electrons. The lowest BCUT2D eigenvalue weighted by Gasteiger charge is -2.38. The van der Waals surface area contributed by atoms with Crippen molar-refractivity contribution in [2.24, 2.45) is 5.92 Å². The highest BCUT2D eigenvalue weighted by molar-refractivity contribution is 7.89. The van der Waals surface area contributed by atoms with Gasteiger partial charge < -0.3 is 15.1 Å². The molecule has 2 fully saturated rings. The summed E-state index contributed by atoms with van der Waals surface area (Å²) in [6.07, 6.45) is 5.06. The largest absolute Gasteiger partial charge is 0.451 e. The number of fused-ring (bicyclic) bond motifs is 1. The molecule has 3 heterocycles. The fourth-order valence-corrected chi connectivity index (χ4v) is 6.81. The summed E-state index contributed by atoms with van der Waals surface area (Å²) in [6, 6.07) is 12.6. The van der Waals surface area contributed by atoms with Crippen molar-refractivity contribution in [2.75, 3.05) is 13.1 Å². The number of hydrogen-bond acceptors (Lipinski definition) is 7. The van der Waals surface area contributed by atoms with E-state index in [0.717, 1.165) is 29.0 Å². The van der Waals surface area contributed by atoms with E-state index in [9.17, 15) is 22.8 Å². The van der Waals surface area contributed by atoms with Gasteiger partial charge in [-0.1, -0.05) is 50.5 Å². The lowest BCUT2D eigenvalue weighted by molar-refractivity contribution is -0.133. The molecule has 2 atom stereocenters. The minimum absolute atomic E-state index is 0.114. The van der Waals surface area contributed by atoms with Gasteiger partial charge >= 0.3 is 0 Å². The molecular weight excluding hydrogens is 520 g/mol. The Balaban J connectivity index is 1.33. The van der Waals surface area contributed by atoms with Gasteiger partial charge in [-0.05, 0) is 49.4 Å². The zero-order valence-corrected chi connectivity index (χ0v) is 22.6. The van der Waals surface area contributed by atoms with Crippen LogP contribution in [0.15, 0.2) is 64.2 Å². The molecule has 3 aromatic rings. The molecule has 2 aromatic heterocycles. The number of rotatable bonds is 6. The maximum absolute atomic E-state index is 13.8. The second-order valence-electron chi connectivity index (χ2n) is 10.4. The lowest BCUT2D eigenvalue weighted by Crippen LogP contribution is -2.62. The Kier molecular flexibility index (Phi) is 7.55. The summed E-state index contributed by atoms with van der Waals surface area (Å²) in [5.74, 6) is -1.52. The van der Waals surface area contributed by atoms with Crippen molar-refractivity contribution in [3.05, 3.63) is 60.5 Å². The number of carbonyl (C=O) groups is 3. The quantitative estimate of drug-likeness (QED) is 0.479. The van der Waals surface area contributed by atoms with Gasteiger partial charge in [-0.15, -0.1) is 0 Å². The van der Waals surface area contributed by atoms with Crippen LogP contribution in [-0.4, -0.2) is 60.0 Å². The molecule has 2 aliphatic rings. The van der Waals surface area contributed by atoms with E-state index < -0.39 is 39.2 Å². The Morgan fingerprint density at radius 3 is 2.54 bits per heavy atom. The van der Waals surface area contributed by atoms with Gasteiger partial charge in [0.05, 0.1) is 12.6 Å². The molecule has 11 heteroatoms. The zero-order valence-electron chi connectivity index (χ0n) is 21.8. The number of aromatic nitrogens is 1. The highest BCUT2D eigenvalue weighted by Crippen LogP contribution is 2.31. The first-order valence-electron chi connectivity index (χ1n) is 13.3. The Morgan fingerprint density at radius 2 is 1.82 bits per heavy atom. The topological polar surface area (TPSA) is 139 Å². The van der Waals surface area contributed by atoms with E-state index in [2.05, 4.69) is 15.6 Å². The Bertz CT molecular complexity index is 1450. The first-order valence-corrected chi connectivity index (χ1v) is 14.7. The van der Waals surface area contributed by atoms with Crippen molar-refractivity contribution >= 4 is 38.6 Å². The minimum atomic E-state index is -3.96. The van der Waals surface area contributed by atoms with Crippen LogP contribution in [0, 0.1) is 5.92 Å². The number of amides is 2. The molecule has 0 radical (unpaired) electrons. The maximum atomic E-state index is 13.8. The number of para-hydroxylation sites is 1. The molecule has 2 amide bonds. The van der Waals surface area contributed by atoms with Gasteiger partial charge in [-0.25, -0.2) is 13.4 Å². The smallest absolute Gasteiger partial charge is 0.287 e. The number of pyridine rings is 1. The van der Waals surface area contributed by atoms with Crippen LogP contribution in [0.25, 0.3) is 11.0 Å². The predicted octanol–water partition coefficient (Wildman–Crippen LogP) is 3.05. The number of carbonyl (C=O) groups excluding carboxylic acids is 3. The fourth-order valence-electron chi connectivity index (χ4n) is 5.46. The molecule has 1 aliphatic heterocycles. The summed E-state index contributed by atoms with van der Waals surface area (Å²) < 4.78 is 33.1. The van der Waals surface area contributed by atoms with Gasteiger partial charge in [0, 0.05) is 18.1 Å². The Hall–Kier alpha value is -3.57. The highest BCUT2D eigenvalue weighted by atomic mass is 32.2. The molecule has 1 saturated heterocycles. The monoisotopic (exact) mass is 552 g/mol. The van der Waals surface area contributed by atoms with Crippen molar-refractivity contribution in [1.29, 1.82) is 0 Å². The van der Waals surface area contributed by atoms with Crippen LogP contribution in [0.1, 0.15) is 56.0 Å². The van der Waals surface area contributed by atoms with Crippen LogP contribution >= 0.6 is 0 Å². The average Bonchev–Trinajstić information content (AvgIpc) is 3.33. The molecule has 5 rings (SSSR count). The molecule has 1 aromatic carbocycles. The number of hydrogen-bond donors (Lipinski definition) is 2. The van der Waals surface area contributed by atoms with E-state index >= 15 is 0 Å². The third kappa shape index (κ3) is 5.46. The van der Waals surface area contributed by atoms with Crippen LogP contribution in [0.4, 0.5) is 0 Å². The summed E-state index contributed by atoms with van der Waals surface area (Å²) in [5, 5.41) is 6.48. The predicted molar refractivity (Wildman–Crippen MR) is 143 cm³/mol. The normalized spacial score (nSPS) is 22.2. The number of nitrogens with one attached hydrogen (secondary N) is 2. The zero-order chi connectivity index (χ0) is 27.6. The molecule has 1 aliphatic carbocycles. The van der Waals surface area contributed by atoms with Crippen LogP contribution in [0.2, 0.25) is 0 Å².